The predicted octanol–water partition coefficient (Wildman–Crippen LogP) is 2.99. The Balaban J connectivity index is 1.86. The largest absolute Gasteiger partial charge is 0.399 e. The smallest absolute Gasteiger partial charge is 0.224 e. The third-order valence-corrected chi connectivity index (χ3v) is 3.14. The van der Waals surface area contributed by atoms with Crippen LogP contribution in [-0.2, 0) is 22.6 Å². The van der Waals surface area contributed by atoms with Gasteiger partial charge in [0.2, 0.25) is 5.91 Å². The fourth-order valence-corrected chi connectivity index (χ4v) is 2.07. The monoisotopic (exact) mass is 284 g/mol. The van der Waals surface area contributed by atoms with Gasteiger partial charge >= 0.3 is 0 Å². The lowest BCUT2D eigenvalue weighted by atomic mass is 10.1. The van der Waals surface area contributed by atoms with Crippen LogP contribution in [0.25, 0.3) is 0 Å². The number of nitrogens with two attached hydrogens (primary N) is 1. The molecule has 4 nitrogen and oxygen atoms in total. The van der Waals surface area contributed by atoms with Crippen molar-refractivity contribution in [3.8, 4) is 0 Å². The summed E-state index contributed by atoms with van der Waals surface area (Å²) in [5, 5.41) is 2.90. The Hall–Kier alpha value is -2.33. The van der Waals surface area contributed by atoms with E-state index < -0.39 is 0 Å². The number of nitrogens with one attached hydrogen (secondary N) is 1. The molecule has 0 aromatic heterocycles. The van der Waals surface area contributed by atoms with Crippen molar-refractivity contribution < 1.29 is 9.53 Å². The van der Waals surface area contributed by atoms with E-state index in [1.165, 1.54) is 0 Å². The summed E-state index contributed by atoms with van der Waals surface area (Å²) < 4.78 is 5.08. The van der Waals surface area contributed by atoms with Crippen molar-refractivity contribution in [1.29, 1.82) is 0 Å². The van der Waals surface area contributed by atoms with Crippen LogP contribution < -0.4 is 11.1 Å². The maximum absolute atomic E-state index is 12.0. The second-order valence-electron chi connectivity index (χ2n) is 4.92. The number of rotatable bonds is 6. The molecule has 0 heterocycles. The van der Waals surface area contributed by atoms with Crippen LogP contribution in [0.3, 0.4) is 0 Å². The molecule has 2 aromatic rings. The van der Waals surface area contributed by atoms with Crippen molar-refractivity contribution in [2.45, 2.75) is 19.4 Å². The number of aryl methyl sites for hydroxylation is 1. The summed E-state index contributed by atoms with van der Waals surface area (Å²) in [7, 11) is 1.65. The van der Waals surface area contributed by atoms with Gasteiger partial charge in [0.25, 0.3) is 0 Å². The lowest BCUT2D eigenvalue weighted by Gasteiger charge is -2.07. The summed E-state index contributed by atoms with van der Waals surface area (Å²) in [6.45, 7) is 0.537. The summed E-state index contributed by atoms with van der Waals surface area (Å²) >= 11 is 0. The Morgan fingerprint density at radius 3 is 2.62 bits per heavy atom. The number of anilines is 2. The Kier molecular flexibility index (Phi) is 5.35. The maximum atomic E-state index is 12.0. The Labute approximate surface area is 124 Å². The van der Waals surface area contributed by atoms with Gasteiger partial charge in [-0.25, -0.2) is 0 Å². The number of benzene rings is 2. The zero-order valence-electron chi connectivity index (χ0n) is 12.1. The number of carbonyl (C=O) groups is 1. The summed E-state index contributed by atoms with van der Waals surface area (Å²) in [5.74, 6) is 0.00129. The maximum Gasteiger partial charge on any atom is 0.224 e. The van der Waals surface area contributed by atoms with E-state index in [2.05, 4.69) is 5.32 Å². The first kappa shape index (κ1) is 15.1. The number of nitrogen functional groups attached to an aromatic ring is 1. The molecule has 0 spiro atoms. The van der Waals surface area contributed by atoms with Crippen molar-refractivity contribution >= 4 is 17.3 Å². The topological polar surface area (TPSA) is 64.3 Å². The van der Waals surface area contributed by atoms with Gasteiger partial charge in [-0.05, 0) is 41.8 Å². The molecule has 0 atom stereocenters. The average Bonchev–Trinajstić information content (AvgIpc) is 2.47. The quantitative estimate of drug-likeness (QED) is 0.801. The number of ether oxygens (including phenoxy) is 1. The van der Waals surface area contributed by atoms with Crippen molar-refractivity contribution in [3.05, 3.63) is 59.7 Å². The summed E-state index contributed by atoms with van der Waals surface area (Å²) in [6, 6.07) is 15.3. The van der Waals surface area contributed by atoms with Crippen LogP contribution in [0.1, 0.15) is 17.5 Å². The molecule has 110 valence electrons. The fraction of sp³-hybridized carbons (Fsp3) is 0.235. The Morgan fingerprint density at radius 1 is 1.14 bits per heavy atom. The van der Waals surface area contributed by atoms with Crippen LogP contribution in [-0.4, -0.2) is 13.0 Å². The SMILES string of the molecule is COCc1cccc(NC(=O)CCc2ccc(N)cc2)c1. The van der Waals surface area contributed by atoms with Gasteiger partial charge in [-0.15, -0.1) is 0 Å². The van der Waals surface area contributed by atoms with Crippen LogP contribution in [0.5, 0.6) is 0 Å². The van der Waals surface area contributed by atoms with Crippen molar-refractivity contribution in [3.63, 3.8) is 0 Å². The normalized spacial score (nSPS) is 10.3. The van der Waals surface area contributed by atoms with Gasteiger partial charge in [0.1, 0.15) is 0 Å². The minimum Gasteiger partial charge on any atom is -0.399 e. The van der Waals surface area contributed by atoms with Gasteiger partial charge in [0, 0.05) is 24.9 Å². The summed E-state index contributed by atoms with van der Waals surface area (Å²) in [4.78, 5) is 12.0. The first-order valence-electron chi connectivity index (χ1n) is 6.89. The van der Waals surface area contributed by atoms with Gasteiger partial charge in [-0.2, -0.15) is 0 Å². The van der Waals surface area contributed by atoms with Gasteiger partial charge in [-0.3, -0.25) is 4.79 Å². The van der Waals surface area contributed by atoms with Crippen LogP contribution in [0, 0.1) is 0 Å². The highest BCUT2D eigenvalue weighted by Crippen LogP contribution is 2.13. The van der Waals surface area contributed by atoms with Gasteiger partial charge < -0.3 is 15.8 Å². The molecule has 0 saturated heterocycles. The molecule has 21 heavy (non-hydrogen) atoms. The molecule has 0 unspecified atom stereocenters. The highest BCUT2D eigenvalue weighted by Gasteiger charge is 2.04. The van der Waals surface area contributed by atoms with Gasteiger partial charge in [-0.1, -0.05) is 24.3 Å². The molecule has 0 aliphatic heterocycles. The first-order chi connectivity index (χ1) is 10.2. The predicted molar refractivity (Wildman–Crippen MR) is 85.0 cm³/mol. The molecular weight excluding hydrogens is 264 g/mol. The van der Waals surface area contributed by atoms with E-state index >= 15 is 0 Å². The van der Waals surface area contributed by atoms with Crippen molar-refractivity contribution in [2.75, 3.05) is 18.2 Å². The Morgan fingerprint density at radius 2 is 1.90 bits per heavy atom. The number of hydrogen-bond acceptors (Lipinski definition) is 3. The molecule has 2 rings (SSSR count). The molecule has 3 N–H and O–H groups in total. The van der Waals surface area contributed by atoms with Gasteiger partial charge in [0.05, 0.1) is 6.61 Å². The molecule has 4 heteroatoms. The molecule has 0 saturated carbocycles. The van der Waals surface area contributed by atoms with E-state index in [9.17, 15) is 4.79 Å². The molecule has 0 fully saturated rings. The van der Waals surface area contributed by atoms with Crippen LogP contribution in [0.4, 0.5) is 11.4 Å². The zero-order chi connectivity index (χ0) is 15.1. The third-order valence-electron chi connectivity index (χ3n) is 3.14. The number of amides is 1. The number of carbonyl (C=O) groups excluding carboxylic acids is 1. The lowest BCUT2D eigenvalue weighted by Crippen LogP contribution is -2.12. The highest BCUT2D eigenvalue weighted by atomic mass is 16.5. The standard InChI is InChI=1S/C17H20N2O2/c1-21-12-14-3-2-4-16(11-14)19-17(20)10-7-13-5-8-15(18)9-6-13/h2-6,8-9,11H,7,10,12,18H2,1H3,(H,19,20). The van der Waals surface area contributed by atoms with Crippen molar-refractivity contribution in [2.24, 2.45) is 0 Å². The van der Waals surface area contributed by atoms with Crippen LogP contribution >= 0.6 is 0 Å². The molecule has 1 amide bonds. The first-order valence-corrected chi connectivity index (χ1v) is 6.89. The molecular formula is C17H20N2O2. The van der Waals surface area contributed by atoms with Crippen LogP contribution in [0.2, 0.25) is 0 Å². The summed E-state index contributed by atoms with van der Waals surface area (Å²) in [6.07, 6.45) is 1.14. The second-order valence-corrected chi connectivity index (χ2v) is 4.92. The van der Waals surface area contributed by atoms with E-state index in [1.54, 1.807) is 7.11 Å². The van der Waals surface area contributed by atoms with E-state index in [1.807, 2.05) is 48.5 Å². The third kappa shape index (κ3) is 4.93. The molecule has 0 aliphatic rings. The highest BCUT2D eigenvalue weighted by molar-refractivity contribution is 5.90. The fourth-order valence-electron chi connectivity index (χ4n) is 2.07. The zero-order valence-corrected chi connectivity index (χ0v) is 12.1. The van der Waals surface area contributed by atoms with Crippen molar-refractivity contribution in [1.82, 2.24) is 0 Å². The number of methoxy groups -OCH3 is 1. The molecule has 0 aliphatic carbocycles. The van der Waals surface area contributed by atoms with Crippen LogP contribution in [0.15, 0.2) is 48.5 Å². The Bertz CT molecular complexity index is 594. The van der Waals surface area contributed by atoms with E-state index in [-0.39, 0.29) is 5.91 Å². The second kappa shape index (κ2) is 7.45. The van der Waals surface area contributed by atoms with E-state index in [0.29, 0.717) is 19.4 Å². The van der Waals surface area contributed by atoms with E-state index in [0.717, 1.165) is 22.5 Å². The minimum absolute atomic E-state index is 0.00129. The lowest BCUT2D eigenvalue weighted by molar-refractivity contribution is -0.116. The molecule has 2 aromatic carbocycles. The summed E-state index contributed by atoms with van der Waals surface area (Å²) in [5.41, 5.74) is 9.31. The molecule has 0 bridgehead atoms. The minimum atomic E-state index is 0.00129. The average molecular weight is 284 g/mol. The van der Waals surface area contributed by atoms with E-state index in [4.69, 9.17) is 10.5 Å². The van der Waals surface area contributed by atoms with Gasteiger partial charge in [0.15, 0.2) is 0 Å². The molecule has 0 radical (unpaired) electrons. The number of hydrogen-bond donors (Lipinski definition) is 2.